The highest BCUT2D eigenvalue weighted by molar-refractivity contribution is 7.07. The number of rotatable bonds is 6. The lowest BCUT2D eigenvalue weighted by atomic mass is 10.0. The number of ether oxygens (including phenoxy) is 1. The van der Waals surface area contributed by atoms with Gasteiger partial charge in [-0.15, -0.1) is 5.10 Å². The van der Waals surface area contributed by atoms with Crippen molar-refractivity contribution in [3.63, 3.8) is 0 Å². The van der Waals surface area contributed by atoms with Gasteiger partial charge < -0.3 is 15.0 Å². The number of hydrogen-bond acceptors (Lipinski definition) is 7. The third kappa shape index (κ3) is 4.15. The van der Waals surface area contributed by atoms with Gasteiger partial charge in [-0.3, -0.25) is 14.3 Å². The monoisotopic (exact) mass is 440 g/mol. The molecule has 0 fully saturated rings. The first-order valence-corrected chi connectivity index (χ1v) is 10.9. The molecule has 2 aromatic heterocycles. The Kier molecular flexibility index (Phi) is 5.99. The fraction of sp³-hybridized carbons (Fsp3) is 0.381. The summed E-state index contributed by atoms with van der Waals surface area (Å²) in [5, 5.41) is 11.4. The summed E-state index contributed by atoms with van der Waals surface area (Å²) < 4.78 is 11.1. The van der Waals surface area contributed by atoms with Crippen molar-refractivity contribution < 1.29 is 14.3 Å². The molecule has 0 aliphatic carbocycles. The second kappa shape index (κ2) is 8.84. The van der Waals surface area contributed by atoms with Gasteiger partial charge in [0.15, 0.2) is 5.69 Å². The van der Waals surface area contributed by atoms with Gasteiger partial charge >= 0.3 is 0 Å². The summed E-state index contributed by atoms with van der Waals surface area (Å²) in [5.74, 6) is 0.432. The molecule has 0 radical (unpaired) electrons. The van der Waals surface area contributed by atoms with Crippen molar-refractivity contribution in [2.75, 3.05) is 20.2 Å². The predicted octanol–water partition coefficient (Wildman–Crippen LogP) is 2.05. The van der Waals surface area contributed by atoms with Gasteiger partial charge in [0, 0.05) is 30.8 Å². The van der Waals surface area contributed by atoms with Crippen LogP contribution in [0.5, 0.6) is 5.75 Å². The summed E-state index contributed by atoms with van der Waals surface area (Å²) in [5.41, 5.74) is 3.79. The molecule has 1 N–H and O–H groups in total. The molecule has 2 amide bonds. The maximum absolute atomic E-state index is 13.0. The number of carbonyl (C=O) groups excluding carboxylic acids is 2. The highest BCUT2D eigenvalue weighted by Crippen LogP contribution is 2.26. The van der Waals surface area contributed by atoms with Crippen LogP contribution < -0.4 is 10.1 Å². The summed E-state index contributed by atoms with van der Waals surface area (Å²) in [6.07, 6.45) is 0.614. The Balaban J connectivity index is 1.66. The molecule has 0 spiro atoms. The van der Waals surface area contributed by atoms with Crippen LogP contribution in [-0.4, -0.2) is 56.3 Å². The van der Waals surface area contributed by atoms with E-state index in [0.29, 0.717) is 48.9 Å². The second-order valence-corrected chi connectivity index (χ2v) is 8.06. The predicted molar refractivity (Wildman–Crippen MR) is 115 cm³/mol. The first kappa shape index (κ1) is 21.0. The molecule has 1 aromatic carbocycles. The van der Waals surface area contributed by atoms with E-state index in [0.717, 1.165) is 34.1 Å². The van der Waals surface area contributed by atoms with E-state index >= 15 is 0 Å². The van der Waals surface area contributed by atoms with E-state index in [1.165, 1.54) is 0 Å². The quantitative estimate of drug-likeness (QED) is 0.629. The van der Waals surface area contributed by atoms with E-state index in [2.05, 4.69) is 20.0 Å². The van der Waals surface area contributed by atoms with Crippen LogP contribution in [0.4, 0.5) is 0 Å². The molecule has 0 saturated carbocycles. The lowest BCUT2D eigenvalue weighted by Crippen LogP contribution is -2.37. The van der Waals surface area contributed by atoms with Crippen LogP contribution in [0, 0.1) is 6.92 Å². The van der Waals surface area contributed by atoms with Crippen LogP contribution in [0.3, 0.4) is 0 Å². The minimum absolute atomic E-state index is 0.111. The molecule has 1 aliphatic heterocycles. The minimum atomic E-state index is -0.229. The third-order valence-electron chi connectivity index (χ3n) is 5.29. The Bertz CT molecular complexity index is 1120. The number of benzene rings is 1. The molecule has 9 nitrogen and oxygen atoms in total. The van der Waals surface area contributed by atoms with Crippen molar-refractivity contribution in [1.82, 2.24) is 29.6 Å². The molecular formula is C21H24N6O3S. The number of amides is 2. The van der Waals surface area contributed by atoms with Crippen molar-refractivity contribution in [2.24, 2.45) is 0 Å². The van der Waals surface area contributed by atoms with Gasteiger partial charge in [0.2, 0.25) is 0 Å². The molecule has 0 atom stereocenters. The van der Waals surface area contributed by atoms with E-state index in [1.54, 1.807) is 18.9 Å². The molecule has 0 bridgehead atoms. The summed E-state index contributed by atoms with van der Waals surface area (Å²) in [6, 6.07) is 7.78. The molecule has 0 unspecified atom stereocenters. The number of fused-ring (bicyclic) bond motifs is 1. The number of nitrogens with one attached hydrogen (secondary N) is 1. The van der Waals surface area contributed by atoms with Gasteiger partial charge in [-0.2, -0.15) is 5.10 Å². The zero-order chi connectivity index (χ0) is 22.0. The van der Waals surface area contributed by atoms with Crippen LogP contribution in [0.25, 0.3) is 0 Å². The summed E-state index contributed by atoms with van der Waals surface area (Å²) >= 11 is 1.10. The van der Waals surface area contributed by atoms with Crippen molar-refractivity contribution in [3.8, 4) is 5.75 Å². The lowest BCUT2D eigenvalue weighted by molar-refractivity contribution is 0.0734. The number of hydrogen-bond donors (Lipinski definition) is 1. The first-order valence-electron chi connectivity index (χ1n) is 10.1. The second-order valence-electron chi connectivity index (χ2n) is 7.31. The SMILES string of the molecule is CCNC(=O)c1nn(Cc2cccc(OC)c2)c2c1CN(C(=O)c1snnc1C)CC2. The fourth-order valence-electron chi connectivity index (χ4n) is 3.74. The number of carbonyl (C=O) groups is 2. The largest absolute Gasteiger partial charge is 0.497 e. The molecular weight excluding hydrogens is 416 g/mol. The Labute approximate surface area is 184 Å². The molecule has 0 saturated heterocycles. The van der Waals surface area contributed by atoms with Crippen LogP contribution in [0.15, 0.2) is 24.3 Å². The zero-order valence-electron chi connectivity index (χ0n) is 17.7. The number of nitrogens with zero attached hydrogens (tertiary/aromatic N) is 5. The van der Waals surface area contributed by atoms with Gasteiger partial charge in [0.1, 0.15) is 10.6 Å². The number of methoxy groups -OCH3 is 1. The van der Waals surface area contributed by atoms with E-state index in [9.17, 15) is 9.59 Å². The van der Waals surface area contributed by atoms with Gasteiger partial charge in [-0.05, 0) is 43.1 Å². The standard InChI is InChI=1S/C21H24N6O3S/c1-4-22-20(28)18-16-12-26(21(29)19-13(2)23-25-31-19)9-8-17(16)27(24-18)11-14-6-5-7-15(10-14)30-3/h5-7,10H,4,8-9,11-12H2,1-3H3,(H,22,28). The number of aromatic nitrogens is 4. The average Bonchev–Trinajstić information content (AvgIpc) is 3.37. The Morgan fingerprint density at radius 2 is 2.16 bits per heavy atom. The van der Waals surface area contributed by atoms with Gasteiger partial charge in [0.25, 0.3) is 11.8 Å². The maximum atomic E-state index is 13.0. The maximum Gasteiger partial charge on any atom is 0.272 e. The summed E-state index contributed by atoms with van der Waals surface area (Å²) in [6.45, 7) is 5.54. The zero-order valence-corrected chi connectivity index (χ0v) is 18.5. The highest BCUT2D eigenvalue weighted by Gasteiger charge is 2.31. The first-order chi connectivity index (χ1) is 15.0. The van der Waals surface area contributed by atoms with Gasteiger partial charge in [0.05, 0.1) is 25.9 Å². The lowest BCUT2D eigenvalue weighted by Gasteiger charge is -2.27. The van der Waals surface area contributed by atoms with E-state index < -0.39 is 0 Å². The molecule has 162 valence electrons. The summed E-state index contributed by atoms with van der Waals surface area (Å²) in [4.78, 5) is 28.0. The van der Waals surface area contributed by atoms with Crippen LogP contribution in [0.2, 0.25) is 0 Å². The Morgan fingerprint density at radius 3 is 2.87 bits per heavy atom. The normalized spacial score (nSPS) is 13.1. The minimum Gasteiger partial charge on any atom is -0.497 e. The molecule has 1 aliphatic rings. The van der Waals surface area contributed by atoms with Crippen LogP contribution in [-0.2, 0) is 19.5 Å². The van der Waals surface area contributed by atoms with Gasteiger partial charge in [-0.1, -0.05) is 16.6 Å². The fourth-order valence-corrected chi connectivity index (χ4v) is 4.36. The van der Waals surface area contributed by atoms with Crippen LogP contribution >= 0.6 is 11.5 Å². The van der Waals surface area contributed by atoms with Crippen LogP contribution in [0.1, 0.15) is 49.6 Å². The van der Waals surface area contributed by atoms with E-state index in [4.69, 9.17) is 4.74 Å². The molecule has 10 heteroatoms. The van der Waals surface area contributed by atoms with Crippen molar-refractivity contribution in [2.45, 2.75) is 33.4 Å². The van der Waals surface area contributed by atoms with E-state index in [-0.39, 0.29) is 11.8 Å². The third-order valence-corrected chi connectivity index (χ3v) is 6.10. The molecule has 3 aromatic rings. The average molecular weight is 441 g/mol. The van der Waals surface area contributed by atoms with Crippen molar-refractivity contribution in [3.05, 3.63) is 57.4 Å². The Hall–Kier alpha value is -3.27. The number of aryl methyl sites for hydroxylation is 1. The Morgan fingerprint density at radius 1 is 1.32 bits per heavy atom. The smallest absolute Gasteiger partial charge is 0.272 e. The molecule has 31 heavy (non-hydrogen) atoms. The van der Waals surface area contributed by atoms with Gasteiger partial charge in [-0.25, -0.2) is 0 Å². The molecule has 4 rings (SSSR count). The van der Waals surface area contributed by atoms with E-state index in [1.807, 2.05) is 35.9 Å². The topological polar surface area (TPSA) is 102 Å². The van der Waals surface area contributed by atoms with Crippen molar-refractivity contribution in [1.29, 1.82) is 0 Å². The highest BCUT2D eigenvalue weighted by atomic mass is 32.1. The molecule has 3 heterocycles. The van der Waals surface area contributed by atoms with Crippen molar-refractivity contribution >= 4 is 23.3 Å². The summed E-state index contributed by atoms with van der Waals surface area (Å²) in [7, 11) is 1.63.